The van der Waals surface area contributed by atoms with Gasteiger partial charge in [0.15, 0.2) is 0 Å². The topological polar surface area (TPSA) is 66.6 Å². The van der Waals surface area contributed by atoms with Crippen LogP contribution in [0.25, 0.3) is 0 Å². The van der Waals surface area contributed by atoms with Gasteiger partial charge in [-0.25, -0.2) is 12.8 Å². The Hall–Kier alpha value is -1.02. The summed E-state index contributed by atoms with van der Waals surface area (Å²) in [5.74, 6) is -0.527. The van der Waals surface area contributed by atoms with Gasteiger partial charge >= 0.3 is 0 Å². The van der Waals surface area contributed by atoms with Crippen LogP contribution in [0.1, 0.15) is 11.1 Å². The van der Waals surface area contributed by atoms with Crippen molar-refractivity contribution in [1.82, 2.24) is 9.21 Å². The van der Waals surface area contributed by atoms with Crippen LogP contribution >= 0.6 is 0 Å². The minimum atomic E-state index is -3.66. The van der Waals surface area contributed by atoms with Gasteiger partial charge in [-0.3, -0.25) is 0 Å². The first-order valence-electron chi connectivity index (χ1n) is 6.54. The molecule has 0 spiro atoms. The fourth-order valence-electron chi connectivity index (χ4n) is 2.26. The molecule has 1 aromatic carbocycles. The van der Waals surface area contributed by atoms with Crippen LogP contribution in [0.3, 0.4) is 0 Å². The van der Waals surface area contributed by atoms with E-state index in [1.807, 2.05) is 7.05 Å². The standard InChI is InChI=1S/C13H20FN3O2S/c1-10-12(14)7-11(9-15)8-13(10)20(18,19)17-5-3-16(2)4-6-17/h7-8H,3-6,9,15H2,1-2H3. The summed E-state index contributed by atoms with van der Waals surface area (Å²) >= 11 is 0. The Morgan fingerprint density at radius 3 is 2.40 bits per heavy atom. The van der Waals surface area contributed by atoms with Crippen LogP contribution in [0.15, 0.2) is 17.0 Å². The number of piperazine rings is 1. The fraction of sp³-hybridized carbons (Fsp3) is 0.538. The van der Waals surface area contributed by atoms with Crippen molar-refractivity contribution in [2.45, 2.75) is 18.4 Å². The van der Waals surface area contributed by atoms with Crippen molar-refractivity contribution in [3.05, 3.63) is 29.1 Å². The van der Waals surface area contributed by atoms with Crippen molar-refractivity contribution in [2.24, 2.45) is 5.73 Å². The Kier molecular flexibility index (Phi) is 4.43. The molecule has 0 amide bonds. The number of halogens is 1. The summed E-state index contributed by atoms with van der Waals surface area (Å²) in [5, 5.41) is 0. The van der Waals surface area contributed by atoms with Gasteiger partial charge in [-0.05, 0) is 31.7 Å². The lowest BCUT2D eigenvalue weighted by Gasteiger charge is -2.32. The van der Waals surface area contributed by atoms with E-state index >= 15 is 0 Å². The van der Waals surface area contributed by atoms with E-state index in [1.54, 1.807) is 0 Å². The molecule has 2 N–H and O–H groups in total. The van der Waals surface area contributed by atoms with Gasteiger partial charge < -0.3 is 10.6 Å². The lowest BCUT2D eigenvalue weighted by Crippen LogP contribution is -2.47. The number of hydrogen-bond acceptors (Lipinski definition) is 4. The van der Waals surface area contributed by atoms with Crippen LogP contribution in [0.4, 0.5) is 4.39 Å². The first-order valence-corrected chi connectivity index (χ1v) is 7.98. The Bertz CT molecular complexity index is 596. The number of likely N-dealkylation sites (N-methyl/N-ethyl adjacent to an activating group) is 1. The zero-order valence-electron chi connectivity index (χ0n) is 11.8. The van der Waals surface area contributed by atoms with Gasteiger partial charge in [-0.1, -0.05) is 0 Å². The zero-order valence-corrected chi connectivity index (χ0v) is 12.6. The molecule has 2 rings (SSSR count). The van der Waals surface area contributed by atoms with Crippen molar-refractivity contribution in [3.63, 3.8) is 0 Å². The highest BCUT2D eigenvalue weighted by atomic mass is 32.2. The van der Waals surface area contributed by atoms with E-state index in [1.165, 1.54) is 23.4 Å². The second-order valence-electron chi connectivity index (χ2n) is 5.11. The molecule has 1 aliphatic rings. The third-order valence-electron chi connectivity index (χ3n) is 3.67. The molecule has 0 atom stereocenters. The van der Waals surface area contributed by atoms with Crippen LogP contribution in [-0.2, 0) is 16.6 Å². The van der Waals surface area contributed by atoms with Gasteiger partial charge in [-0.2, -0.15) is 4.31 Å². The largest absolute Gasteiger partial charge is 0.326 e. The van der Waals surface area contributed by atoms with Crippen LogP contribution in [0, 0.1) is 12.7 Å². The fourth-order valence-corrected chi connectivity index (χ4v) is 3.97. The quantitative estimate of drug-likeness (QED) is 0.884. The maximum Gasteiger partial charge on any atom is 0.243 e. The number of benzene rings is 1. The van der Waals surface area contributed by atoms with E-state index < -0.39 is 15.8 Å². The first-order chi connectivity index (χ1) is 9.36. The molecule has 0 saturated carbocycles. The minimum Gasteiger partial charge on any atom is -0.326 e. The van der Waals surface area contributed by atoms with Gasteiger partial charge in [0.25, 0.3) is 0 Å². The Balaban J connectivity index is 2.41. The lowest BCUT2D eigenvalue weighted by molar-refractivity contribution is 0.222. The summed E-state index contributed by atoms with van der Waals surface area (Å²) in [4.78, 5) is 2.10. The second kappa shape index (κ2) is 5.77. The highest BCUT2D eigenvalue weighted by Gasteiger charge is 2.29. The SMILES string of the molecule is Cc1c(F)cc(CN)cc1S(=O)(=O)N1CCN(C)CC1. The number of sulfonamides is 1. The maximum atomic E-state index is 13.8. The van der Waals surface area contributed by atoms with Crippen molar-refractivity contribution in [1.29, 1.82) is 0 Å². The van der Waals surface area contributed by atoms with Crippen molar-refractivity contribution in [2.75, 3.05) is 33.2 Å². The van der Waals surface area contributed by atoms with E-state index in [4.69, 9.17) is 5.73 Å². The third-order valence-corrected chi connectivity index (χ3v) is 5.70. The first kappa shape index (κ1) is 15.4. The van der Waals surface area contributed by atoms with Gasteiger partial charge in [-0.15, -0.1) is 0 Å². The summed E-state index contributed by atoms with van der Waals surface area (Å²) in [7, 11) is -1.71. The second-order valence-corrected chi connectivity index (χ2v) is 7.02. The maximum absolute atomic E-state index is 13.8. The number of nitrogens with zero attached hydrogens (tertiary/aromatic N) is 2. The van der Waals surface area contributed by atoms with Crippen LogP contribution in [0.5, 0.6) is 0 Å². The van der Waals surface area contributed by atoms with Crippen molar-refractivity contribution < 1.29 is 12.8 Å². The number of hydrogen-bond donors (Lipinski definition) is 1. The zero-order chi connectivity index (χ0) is 14.9. The molecular weight excluding hydrogens is 281 g/mol. The van der Waals surface area contributed by atoms with Crippen LogP contribution in [0.2, 0.25) is 0 Å². The highest BCUT2D eigenvalue weighted by Crippen LogP contribution is 2.24. The van der Waals surface area contributed by atoms with E-state index in [2.05, 4.69) is 4.90 Å². The van der Waals surface area contributed by atoms with E-state index in [0.717, 1.165) is 0 Å². The van der Waals surface area contributed by atoms with Crippen LogP contribution in [-0.4, -0.2) is 50.8 Å². The summed E-state index contributed by atoms with van der Waals surface area (Å²) in [6, 6.07) is 2.77. The number of rotatable bonds is 3. The summed E-state index contributed by atoms with van der Waals surface area (Å²) in [6.45, 7) is 3.80. The van der Waals surface area contributed by atoms with Crippen molar-refractivity contribution in [3.8, 4) is 0 Å². The Morgan fingerprint density at radius 2 is 1.85 bits per heavy atom. The highest BCUT2D eigenvalue weighted by molar-refractivity contribution is 7.89. The molecule has 7 heteroatoms. The Morgan fingerprint density at radius 1 is 1.25 bits per heavy atom. The van der Waals surface area contributed by atoms with E-state index in [9.17, 15) is 12.8 Å². The molecule has 1 aliphatic heterocycles. The van der Waals surface area contributed by atoms with E-state index in [0.29, 0.717) is 31.7 Å². The Labute approximate surface area is 119 Å². The molecule has 0 aliphatic carbocycles. The minimum absolute atomic E-state index is 0.0301. The van der Waals surface area contributed by atoms with Crippen molar-refractivity contribution >= 4 is 10.0 Å². The molecule has 1 fully saturated rings. The molecule has 1 saturated heterocycles. The predicted octanol–water partition coefficient (Wildman–Crippen LogP) is 0.529. The average molecular weight is 301 g/mol. The molecule has 1 aromatic rings. The third kappa shape index (κ3) is 2.85. The van der Waals surface area contributed by atoms with Gasteiger partial charge in [0.05, 0.1) is 4.90 Å². The van der Waals surface area contributed by atoms with E-state index in [-0.39, 0.29) is 17.0 Å². The summed E-state index contributed by atoms with van der Waals surface area (Å²) in [6.07, 6.45) is 0. The molecule has 0 bridgehead atoms. The molecule has 112 valence electrons. The predicted molar refractivity (Wildman–Crippen MR) is 75.3 cm³/mol. The van der Waals surface area contributed by atoms with Gasteiger partial charge in [0, 0.05) is 38.3 Å². The molecule has 20 heavy (non-hydrogen) atoms. The summed E-state index contributed by atoms with van der Waals surface area (Å²) in [5.41, 5.74) is 6.14. The molecular formula is C13H20FN3O2S. The average Bonchev–Trinajstić information content (AvgIpc) is 2.42. The lowest BCUT2D eigenvalue weighted by atomic mass is 10.1. The normalized spacial score (nSPS) is 18.4. The molecule has 5 nitrogen and oxygen atoms in total. The molecule has 0 radical (unpaired) electrons. The molecule has 0 unspecified atom stereocenters. The van der Waals surface area contributed by atoms with Gasteiger partial charge in [0.2, 0.25) is 10.0 Å². The smallest absolute Gasteiger partial charge is 0.243 e. The van der Waals surface area contributed by atoms with Gasteiger partial charge in [0.1, 0.15) is 5.82 Å². The van der Waals surface area contributed by atoms with Crippen LogP contribution < -0.4 is 5.73 Å². The number of nitrogens with two attached hydrogens (primary N) is 1. The molecule has 1 heterocycles. The monoisotopic (exact) mass is 301 g/mol. The summed E-state index contributed by atoms with van der Waals surface area (Å²) < 4.78 is 40.5. The molecule has 0 aromatic heterocycles.